The molecule has 3 aromatic rings. The number of aryl methyl sites for hydroxylation is 2. The molecular formula is C19H21F2N5O2. The van der Waals surface area contributed by atoms with Gasteiger partial charge in [-0.2, -0.15) is 4.98 Å². The van der Waals surface area contributed by atoms with Gasteiger partial charge in [0.15, 0.2) is 22.8 Å². The maximum atomic E-state index is 13.4. The van der Waals surface area contributed by atoms with Crippen LogP contribution in [0.4, 0.5) is 14.7 Å². The van der Waals surface area contributed by atoms with Gasteiger partial charge in [0.05, 0.1) is 0 Å². The van der Waals surface area contributed by atoms with E-state index in [4.69, 9.17) is 0 Å². The molecule has 0 unspecified atom stereocenters. The number of rotatable bonds is 3. The van der Waals surface area contributed by atoms with Crippen molar-refractivity contribution in [2.24, 2.45) is 20.0 Å². The molecule has 148 valence electrons. The number of anilines is 1. The van der Waals surface area contributed by atoms with Crippen molar-refractivity contribution in [3.63, 3.8) is 0 Å². The summed E-state index contributed by atoms with van der Waals surface area (Å²) >= 11 is 0. The zero-order valence-electron chi connectivity index (χ0n) is 15.7. The third-order valence-electron chi connectivity index (χ3n) is 5.52. The summed E-state index contributed by atoms with van der Waals surface area (Å²) in [6.45, 7) is 1.47. The summed E-state index contributed by atoms with van der Waals surface area (Å²) in [4.78, 5) is 32.9. The standard InChI is InChI=1S/C19H21F2N5O2/c1-24-15-16(25(2)19(28)23-17(15)27)22-18(24)26-7-5-11(6-8-26)9-12-3-4-13(20)14(21)10-12/h3-4,10-11H,5-9H2,1-2H3,(H,23,27,28). The Morgan fingerprint density at radius 1 is 1.11 bits per heavy atom. The second-order valence-corrected chi connectivity index (χ2v) is 7.34. The quantitative estimate of drug-likeness (QED) is 0.740. The molecule has 3 heterocycles. The van der Waals surface area contributed by atoms with Crippen LogP contribution in [0.5, 0.6) is 0 Å². The predicted octanol–water partition coefficient (Wildman–Crippen LogP) is 1.70. The molecule has 1 N–H and O–H groups in total. The Hall–Kier alpha value is -2.97. The maximum Gasteiger partial charge on any atom is 0.329 e. The average Bonchev–Trinajstić information content (AvgIpc) is 3.01. The first kappa shape index (κ1) is 18.4. The number of piperidine rings is 1. The summed E-state index contributed by atoms with van der Waals surface area (Å²) in [5.41, 5.74) is 0.567. The van der Waals surface area contributed by atoms with Crippen LogP contribution in [0.3, 0.4) is 0 Å². The van der Waals surface area contributed by atoms with E-state index in [0.29, 0.717) is 29.5 Å². The summed E-state index contributed by atoms with van der Waals surface area (Å²) in [5, 5.41) is 0. The van der Waals surface area contributed by atoms with Gasteiger partial charge in [-0.3, -0.25) is 14.3 Å². The number of halogens is 2. The lowest BCUT2D eigenvalue weighted by Crippen LogP contribution is -2.36. The highest BCUT2D eigenvalue weighted by atomic mass is 19.2. The number of imidazole rings is 1. The SMILES string of the molecule is Cn1c(N2CCC(Cc3ccc(F)c(F)c3)CC2)nc2c1c(=O)[nH]c(=O)n2C. The van der Waals surface area contributed by atoms with E-state index in [-0.39, 0.29) is 0 Å². The number of H-pyrrole nitrogens is 1. The van der Waals surface area contributed by atoms with Gasteiger partial charge in [-0.25, -0.2) is 13.6 Å². The van der Waals surface area contributed by atoms with Crippen LogP contribution in [-0.4, -0.2) is 32.2 Å². The fraction of sp³-hybridized carbons (Fsp3) is 0.421. The molecule has 0 atom stereocenters. The number of fused-ring (bicyclic) bond motifs is 1. The van der Waals surface area contributed by atoms with Crippen LogP contribution in [0.15, 0.2) is 27.8 Å². The minimum atomic E-state index is -0.829. The Kier molecular flexibility index (Phi) is 4.52. The van der Waals surface area contributed by atoms with Crippen LogP contribution in [0, 0.1) is 17.6 Å². The number of aromatic nitrogens is 4. The van der Waals surface area contributed by atoms with Crippen LogP contribution in [0.2, 0.25) is 0 Å². The Morgan fingerprint density at radius 2 is 1.82 bits per heavy atom. The molecule has 0 amide bonds. The average molecular weight is 389 g/mol. The van der Waals surface area contributed by atoms with Gasteiger partial charge >= 0.3 is 5.69 Å². The van der Waals surface area contributed by atoms with E-state index in [0.717, 1.165) is 31.5 Å². The molecular weight excluding hydrogens is 368 g/mol. The third kappa shape index (κ3) is 3.10. The van der Waals surface area contributed by atoms with Crippen molar-refractivity contribution in [1.29, 1.82) is 0 Å². The number of nitrogens with one attached hydrogen (secondary N) is 1. The Labute approximate surface area is 159 Å². The van der Waals surface area contributed by atoms with Crippen molar-refractivity contribution in [3.05, 3.63) is 56.2 Å². The summed E-state index contributed by atoms with van der Waals surface area (Å²) in [7, 11) is 3.34. The smallest absolute Gasteiger partial charge is 0.329 e. The normalized spacial score (nSPS) is 15.5. The third-order valence-corrected chi connectivity index (χ3v) is 5.52. The molecule has 7 nitrogen and oxygen atoms in total. The lowest BCUT2D eigenvalue weighted by molar-refractivity contribution is 0.398. The molecule has 1 saturated heterocycles. The van der Waals surface area contributed by atoms with Crippen LogP contribution in [0.25, 0.3) is 11.2 Å². The number of hydrogen-bond acceptors (Lipinski definition) is 4. The van der Waals surface area contributed by atoms with Gasteiger partial charge in [0.2, 0.25) is 5.95 Å². The highest BCUT2D eigenvalue weighted by molar-refractivity contribution is 5.74. The lowest BCUT2D eigenvalue weighted by atomic mass is 9.90. The van der Waals surface area contributed by atoms with E-state index in [9.17, 15) is 18.4 Å². The zero-order valence-corrected chi connectivity index (χ0v) is 15.7. The predicted molar refractivity (Wildman–Crippen MR) is 102 cm³/mol. The topological polar surface area (TPSA) is 75.9 Å². The Morgan fingerprint density at radius 3 is 2.50 bits per heavy atom. The lowest BCUT2D eigenvalue weighted by Gasteiger charge is -2.32. The molecule has 0 saturated carbocycles. The minimum absolute atomic E-state index is 0.357. The monoisotopic (exact) mass is 389 g/mol. The molecule has 0 radical (unpaired) electrons. The number of nitrogens with zero attached hydrogens (tertiary/aromatic N) is 4. The van der Waals surface area contributed by atoms with Crippen molar-refractivity contribution in [1.82, 2.24) is 19.1 Å². The number of benzene rings is 1. The minimum Gasteiger partial charge on any atom is -0.342 e. The van der Waals surface area contributed by atoms with Gasteiger partial charge in [-0.15, -0.1) is 0 Å². The van der Waals surface area contributed by atoms with E-state index >= 15 is 0 Å². The van der Waals surface area contributed by atoms with Crippen molar-refractivity contribution in [2.45, 2.75) is 19.3 Å². The highest BCUT2D eigenvalue weighted by Gasteiger charge is 2.25. The molecule has 1 aliphatic heterocycles. The van der Waals surface area contributed by atoms with E-state index in [1.165, 1.54) is 16.7 Å². The highest BCUT2D eigenvalue weighted by Crippen LogP contribution is 2.26. The van der Waals surface area contributed by atoms with Crippen LogP contribution < -0.4 is 16.1 Å². The van der Waals surface area contributed by atoms with Gasteiger partial charge in [0.1, 0.15) is 0 Å². The largest absolute Gasteiger partial charge is 0.342 e. The van der Waals surface area contributed by atoms with Gasteiger partial charge in [-0.05, 0) is 42.9 Å². The van der Waals surface area contributed by atoms with Gasteiger partial charge < -0.3 is 9.47 Å². The number of aromatic amines is 1. The second-order valence-electron chi connectivity index (χ2n) is 7.34. The summed E-state index contributed by atoms with van der Waals surface area (Å²) < 4.78 is 29.5. The summed E-state index contributed by atoms with van der Waals surface area (Å²) in [5.74, 6) is -0.633. The van der Waals surface area contributed by atoms with Gasteiger partial charge in [-0.1, -0.05) is 6.07 Å². The first-order valence-corrected chi connectivity index (χ1v) is 9.19. The van der Waals surface area contributed by atoms with Crippen molar-refractivity contribution >= 4 is 17.1 Å². The molecule has 4 rings (SSSR count). The van der Waals surface area contributed by atoms with Crippen molar-refractivity contribution in [3.8, 4) is 0 Å². The van der Waals surface area contributed by atoms with E-state index < -0.39 is 22.9 Å². The molecule has 1 aliphatic rings. The van der Waals surface area contributed by atoms with Crippen LogP contribution in [0.1, 0.15) is 18.4 Å². The van der Waals surface area contributed by atoms with Gasteiger partial charge in [0, 0.05) is 27.2 Å². The zero-order chi connectivity index (χ0) is 20.0. The van der Waals surface area contributed by atoms with Crippen LogP contribution in [-0.2, 0) is 20.5 Å². The number of hydrogen-bond donors (Lipinski definition) is 1. The van der Waals surface area contributed by atoms with Crippen molar-refractivity contribution < 1.29 is 8.78 Å². The molecule has 0 spiro atoms. The Balaban J connectivity index is 1.52. The fourth-order valence-corrected chi connectivity index (χ4v) is 3.92. The van der Waals surface area contributed by atoms with Gasteiger partial charge in [0.25, 0.3) is 5.56 Å². The van der Waals surface area contributed by atoms with E-state index in [1.54, 1.807) is 24.7 Å². The van der Waals surface area contributed by atoms with E-state index in [2.05, 4.69) is 14.9 Å². The molecule has 0 bridgehead atoms. The van der Waals surface area contributed by atoms with E-state index in [1.807, 2.05) is 0 Å². The summed E-state index contributed by atoms with van der Waals surface area (Å²) in [6.07, 6.45) is 2.44. The summed E-state index contributed by atoms with van der Waals surface area (Å²) in [6, 6.07) is 4.06. The first-order chi connectivity index (χ1) is 13.3. The molecule has 9 heteroatoms. The molecule has 2 aromatic heterocycles. The fourth-order valence-electron chi connectivity index (χ4n) is 3.92. The molecule has 0 aliphatic carbocycles. The second kappa shape index (κ2) is 6.88. The molecule has 28 heavy (non-hydrogen) atoms. The van der Waals surface area contributed by atoms with Crippen molar-refractivity contribution in [2.75, 3.05) is 18.0 Å². The first-order valence-electron chi connectivity index (χ1n) is 9.19. The maximum absolute atomic E-state index is 13.4. The molecule has 1 fully saturated rings. The Bertz CT molecular complexity index is 1160. The van der Waals surface area contributed by atoms with Crippen LogP contribution >= 0.6 is 0 Å². The molecule has 1 aromatic carbocycles.